The number of rotatable bonds is 7. The Kier molecular flexibility index (Phi) is 6.04. The van der Waals surface area contributed by atoms with Gasteiger partial charge in [-0.2, -0.15) is 0 Å². The first-order valence-corrected chi connectivity index (χ1v) is 8.59. The molecule has 2 heterocycles. The maximum absolute atomic E-state index is 12.2. The van der Waals surface area contributed by atoms with E-state index in [9.17, 15) is 9.59 Å². The number of ketones is 1. The highest BCUT2D eigenvalue weighted by Gasteiger charge is 2.21. The van der Waals surface area contributed by atoms with Gasteiger partial charge in [0.1, 0.15) is 5.75 Å². The molecule has 0 atom stereocenters. The van der Waals surface area contributed by atoms with Crippen molar-refractivity contribution < 1.29 is 18.7 Å². The van der Waals surface area contributed by atoms with E-state index < -0.39 is 0 Å². The zero-order valence-corrected chi connectivity index (χ0v) is 14.8. The molecule has 1 aliphatic rings. The quantitative estimate of drug-likeness (QED) is 0.761. The second-order valence-electron chi connectivity index (χ2n) is 6.23. The van der Waals surface area contributed by atoms with Crippen LogP contribution in [0.4, 0.5) is 5.69 Å². The molecule has 138 valence electrons. The molecule has 1 fully saturated rings. The third kappa shape index (κ3) is 4.93. The predicted octanol–water partition coefficient (Wildman–Crippen LogP) is 1.73. The van der Waals surface area contributed by atoms with Crippen LogP contribution in [0.2, 0.25) is 0 Å². The average Bonchev–Trinajstić information content (AvgIpc) is 3.18. The van der Waals surface area contributed by atoms with Crippen molar-refractivity contribution in [3.63, 3.8) is 0 Å². The minimum atomic E-state index is -0.0571. The van der Waals surface area contributed by atoms with Crippen molar-refractivity contribution in [3.8, 4) is 5.75 Å². The van der Waals surface area contributed by atoms with Gasteiger partial charge in [0.15, 0.2) is 5.76 Å². The molecule has 0 aliphatic carbocycles. The molecule has 0 saturated carbocycles. The Morgan fingerprint density at radius 3 is 2.46 bits per heavy atom. The molecule has 7 heteroatoms. The number of carbonyl (C=O) groups excluding carboxylic acids is 2. The number of nitrogens with zero attached hydrogens (tertiary/aromatic N) is 2. The Morgan fingerprint density at radius 1 is 1.08 bits per heavy atom. The van der Waals surface area contributed by atoms with Crippen LogP contribution >= 0.6 is 0 Å². The van der Waals surface area contributed by atoms with Crippen molar-refractivity contribution in [1.82, 2.24) is 9.80 Å². The van der Waals surface area contributed by atoms with Gasteiger partial charge in [-0.05, 0) is 24.3 Å². The third-order valence-corrected chi connectivity index (χ3v) is 4.35. The largest absolute Gasteiger partial charge is 0.497 e. The third-order valence-electron chi connectivity index (χ3n) is 4.35. The summed E-state index contributed by atoms with van der Waals surface area (Å²) in [6.07, 6.45) is 1.51. The number of anilines is 1. The second kappa shape index (κ2) is 8.64. The normalized spacial score (nSPS) is 15.6. The van der Waals surface area contributed by atoms with E-state index in [0.717, 1.165) is 31.9 Å². The van der Waals surface area contributed by atoms with Gasteiger partial charge < -0.3 is 14.5 Å². The lowest BCUT2D eigenvalue weighted by Gasteiger charge is -2.33. The van der Waals surface area contributed by atoms with Gasteiger partial charge >= 0.3 is 0 Å². The van der Waals surface area contributed by atoms with Crippen LogP contribution in [0.3, 0.4) is 0 Å². The topological polar surface area (TPSA) is 75.0 Å². The molecule has 1 amide bonds. The number of methoxy groups -OCH3 is 1. The molecule has 0 radical (unpaired) electrons. The molecule has 1 aliphatic heterocycles. The van der Waals surface area contributed by atoms with Crippen molar-refractivity contribution in [2.24, 2.45) is 0 Å². The van der Waals surface area contributed by atoms with Gasteiger partial charge in [0.05, 0.1) is 26.5 Å². The maximum Gasteiger partial charge on any atom is 0.238 e. The summed E-state index contributed by atoms with van der Waals surface area (Å²) >= 11 is 0. The highest BCUT2D eigenvalue weighted by atomic mass is 16.5. The van der Waals surface area contributed by atoms with Gasteiger partial charge in [-0.1, -0.05) is 6.07 Å². The number of furan rings is 1. The fourth-order valence-electron chi connectivity index (χ4n) is 2.93. The van der Waals surface area contributed by atoms with E-state index in [1.165, 1.54) is 6.26 Å². The van der Waals surface area contributed by atoms with Gasteiger partial charge in [-0.15, -0.1) is 0 Å². The minimum absolute atomic E-state index is 0.0146. The predicted molar refractivity (Wildman–Crippen MR) is 97.5 cm³/mol. The van der Waals surface area contributed by atoms with Gasteiger partial charge in [0.25, 0.3) is 0 Å². The number of benzene rings is 1. The first-order chi connectivity index (χ1) is 12.6. The summed E-state index contributed by atoms with van der Waals surface area (Å²) in [5, 5.41) is 2.89. The highest BCUT2D eigenvalue weighted by Crippen LogP contribution is 2.16. The lowest BCUT2D eigenvalue weighted by atomic mass is 10.2. The van der Waals surface area contributed by atoms with Gasteiger partial charge in [0.2, 0.25) is 11.7 Å². The van der Waals surface area contributed by atoms with Gasteiger partial charge in [0, 0.05) is 37.9 Å². The molecular weight excluding hydrogens is 334 g/mol. The Balaban J connectivity index is 1.42. The summed E-state index contributed by atoms with van der Waals surface area (Å²) in [5.41, 5.74) is 0.719. The molecular formula is C19H23N3O4. The van der Waals surface area contributed by atoms with E-state index >= 15 is 0 Å². The van der Waals surface area contributed by atoms with E-state index in [1.807, 2.05) is 18.2 Å². The fourth-order valence-corrected chi connectivity index (χ4v) is 2.93. The summed E-state index contributed by atoms with van der Waals surface area (Å²) in [7, 11) is 1.59. The van der Waals surface area contributed by atoms with Crippen LogP contribution in [0.25, 0.3) is 0 Å². The van der Waals surface area contributed by atoms with Crippen LogP contribution < -0.4 is 10.1 Å². The standard InChI is InChI=1S/C19H23N3O4/c1-25-16-5-2-4-15(12-16)20-19(24)14-22-9-7-21(8-10-22)13-17(23)18-6-3-11-26-18/h2-6,11-12H,7-10,13-14H2,1H3,(H,20,24). The number of Topliss-reactive ketones (excluding diaryl/α,β-unsaturated/α-hetero) is 1. The van der Waals surface area contributed by atoms with Crippen LogP contribution in [-0.4, -0.2) is 67.9 Å². The number of carbonyl (C=O) groups is 2. The number of nitrogens with one attached hydrogen (secondary N) is 1. The molecule has 1 N–H and O–H groups in total. The molecule has 7 nitrogen and oxygen atoms in total. The van der Waals surface area contributed by atoms with Crippen molar-refractivity contribution in [2.45, 2.75) is 0 Å². The lowest BCUT2D eigenvalue weighted by molar-refractivity contribution is -0.117. The molecule has 3 rings (SSSR count). The molecule has 0 spiro atoms. The summed E-state index contributed by atoms with van der Waals surface area (Å²) in [6.45, 7) is 3.67. The minimum Gasteiger partial charge on any atom is -0.497 e. The fraction of sp³-hybridized carbons (Fsp3) is 0.368. The Bertz CT molecular complexity index is 737. The van der Waals surface area contributed by atoms with Crippen LogP contribution in [0.15, 0.2) is 47.1 Å². The first-order valence-electron chi connectivity index (χ1n) is 8.59. The molecule has 1 aromatic carbocycles. The maximum atomic E-state index is 12.2. The van der Waals surface area contributed by atoms with Crippen molar-refractivity contribution in [3.05, 3.63) is 48.4 Å². The summed E-state index contributed by atoms with van der Waals surface area (Å²) in [4.78, 5) is 28.5. The van der Waals surface area contributed by atoms with Gasteiger partial charge in [-0.3, -0.25) is 19.4 Å². The second-order valence-corrected chi connectivity index (χ2v) is 6.23. The van der Waals surface area contributed by atoms with Gasteiger partial charge in [-0.25, -0.2) is 0 Å². The Labute approximate surface area is 152 Å². The molecule has 0 unspecified atom stereocenters. The number of ether oxygens (including phenoxy) is 1. The average molecular weight is 357 g/mol. The van der Waals surface area contributed by atoms with Crippen molar-refractivity contribution in [2.75, 3.05) is 51.7 Å². The molecule has 1 saturated heterocycles. The SMILES string of the molecule is COc1cccc(NC(=O)CN2CCN(CC(=O)c3ccco3)CC2)c1. The molecule has 0 bridgehead atoms. The van der Waals surface area contributed by atoms with E-state index in [-0.39, 0.29) is 11.7 Å². The van der Waals surface area contributed by atoms with E-state index in [4.69, 9.17) is 9.15 Å². The van der Waals surface area contributed by atoms with Crippen LogP contribution in [0.1, 0.15) is 10.6 Å². The lowest BCUT2D eigenvalue weighted by Crippen LogP contribution is -2.49. The molecule has 2 aromatic rings. The zero-order chi connectivity index (χ0) is 18.4. The first kappa shape index (κ1) is 18.2. The van der Waals surface area contributed by atoms with E-state index in [1.54, 1.807) is 25.3 Å². The van der Waals surface area contributed by atoms with Crippen molar-refractivity contribution >= 4 is 17.4 Å². The van der Waals surface area contributed by atoms with Crippen LogP contribution in [0, 0.1) is 0 Å². The number of amides is 1. The van der Waals surface area contributed by atoms with E-state index in [2.05, 4.69) is 15.1 Å². The summed E-state index contributed by atoms with van der Waals surface area (Å²) < 4.78 is 10.3. The number of piperazine rings is 1. The monoisotopic (exact) mass is 357 g/mol. The van der Waals surface area contributed by atoms with E-state index in [0.29, 0.717) is 24.6 Å². The summed E-state index contributed by atoms with van der Waals surface area (Å²) in [5.74, 6) is 1.03. The number of hydrogen-bond donors (Lipinski definition) is 1. The number of hydrogen-bond acceptors (Lipinski definition) is 6. The smallest absolute Gasteiger partial charge is 0.238 e. The Hall–Kier alpha value is -2.64. The van der Waals surface area contributed by atoms with Crippen LogP contribution in [0.5, 0.6) is 5.75 Å². The molecule has 1 aromatic heterocycles. The van der Waals surface area contributed by atoms with Crippen LogP contribution in [-0.2, 0) is 4.79 Å². The summed E-state index contributed by atoms with van der Waals surface area (Å²) in [6, 6.07) is 10.7. The highest BCUT2D eigenvalue weighted by molar-refractivity contribution is 5.95. The van der Waals surface area contributed by atoms with Crippen molar-refractivity contribution in [1.29, 1.82) is 0 Å². The molecule has 26 heavy (non-hydrogen) atoms. The Morgan fingerprint density at radius 2 is 1.81 bits per heavy atom. The zero-order valence-electron chi connectivity index (χ0n) is 14.8.